The topological polar surface area (TPSA) is 44.3 Å². The van der Waals surface area contributed by atoms with Gasteiger partial charge in [0.15, 0.2) is 0 Å². The van der Waals surface area contributed by atoms with E-state index in [2.05, 4.69) is 77.5 Å². The van der Waals surface area contributed by atoms with Crippen molar-refractivity contribution in [3.63, 3.8) is 0 Å². The van der Waals surface area contributed by atoms with Gasteiger partial charge in [-0.1, -0.05) is 31.2 Å². The Morgan fingerprint density at radius 2 is 1.59 bits per heavy atom. The molecule has 29 heavy (non-hydrogen) atoms. The summed E-state index contributed by atoms with van der Waals surface area (Å²) >= 11 is 0. The highest BCUT2D eigenvalue weighted by Crippen LogP contribution is 2.22. The number of rotatable bonds is 5. The van der Waals surface area contributed by atoms with E-state index in [1.165, 1.54) is 16.8 Å². The van der Waals surface area contributed by atoms with Gasteiger partial charge in [-0.05, 0) is 55.7 Å². The van der Waals surface area contributed by atoms with Gasteiger partial charge in [-0.3, -0.25) is 0 Å². The molecule has 0 unspecified atom stereocenters. The van der Waals surface area contributed by atoms with Crippen LogP contribution >= 0.6 is 0 Å². The zero-order valence-electron chi connectivity index (χ0n) is 17.5. The van der Waals surface area contributed by atoms with Crippen molar-refractivity contribution in [2.24, 2.45) is 0 Å². The van der Waals surface area contributed by atoms with Crippen LogP contribution in [-0.2, 0) is 6.42 Å². The first-order valence-electron chi connectivity index (χ1n) is 10.4. The lowest BCUT2D eigenvalue weighted by Gasteiger charge is -2.36. The van der Waals surface area contributed by atoms with Crippen LogP contribution in [0.3, 0.4) is 0 Å². The lowest BCUT2D eigenvalue weighted by Crippen LogP contribution is -2.47. The number of piperazine rings is 1. The summed E-state index contributed by atoms with van der Waals surface area (Å²) in [5.74, 6) is 1.65. The fourth-order valence-corrected chi connectivity index (χ4v) is 3.72. The number of hydrogen-bond donors (Lipinski definition) is 1. The average molecular weight is 388 g/mol. The van der Waals surface area contributed by atoms with E-state index in [1.54, 1.807) is 0 Å². The smallest absolute Gasteiger partial charge is 0.227 e. The minimum Gasteiger partial charge on any atom is -0.368 e. The molecule has 1 aliphatic rings. The van der Waals surface area contributed by atoms with E-state index in [0.717, 1.165) is 55.7 Å². The molecule has 3 aromatic rings. The van der Waals surface area contributed by atoms with Crippen molar-refractivity contribution in [1.29, 1.82) is 0 Å². The van der Waals surface area contributed by atoms with E-state index in [-0.39, 0.29) is 0 Å². The number of benzene rings is 2. The second-order valence-corrected chi connectivity index (χ2v) is 7.68. The maximum absolute atomic E-state index is 4.79. The van der Waals surface area contributed by atoms with Gasteiger partial charge in [0.2, 0.25) is 5.95 Å². The van der Waals surface area contributed by atoms with E-state index >= 15 is 0 Å². The van der Waals surface area contributed by atoms with Gasteiger partial charge in [0.25, 0.3) is 0 Å². The summed E-state index contributed by atoms with van der Waals surface area (Å²) in [5, 5.41) is 3.43. The van der Waals surface area contributed by atoms with Crippen LogP contribution in [0.25, 0.3) is 0 Å². The first kappa shape index (κ1) is 19.2. The standard InChI is InChI=1S/C24H29N5/c1-4-20-8-10-21(11-9-20)26-23-17-19(3)25-24(27-23)29-14-12-28(13-15-29)22-7-5-6-18(2)16-22/h5-11,16-17H,4,12-15H2,1-3H3,(H,25,26,27). The first-order chi connectivity index (χ1) is 14.1. The average Bonchev–Trinajstić information content (AvgIpc) is 2.74. The molecule has 2 aromatic carbocycles. The molecule has 0 radical (unpaired) electrons. The van der Waals surface area contributed by atoms with Gasteiger partial charge in [0.05, 0.1) is 0 Å². The molecule has 0 spiro atoms. The van der Waals surface area contributed by atoms with E-state index in [9.17, 15) is 0 Å². The molecule has 1 N–H and O–H groups in total. The van der Waals surface area contributed by atoms with Crippen LogP contribution < -0.4 is 15.1 Å². The van der Waals surface area contributed by atoms with E-state index in [0.29, 0.717) is 0 Å². The highest BCUT2D eigenvalue weighted by Gasteiger charge is 2.20. The number of aryl methyl sites for hydroxylation is 3. The highest BCUT2D eigenvalue weighted by atomic mass is 15.3. The number of nitrogens with zero attached hydrogens (tertiary/aromatic N) is 4. The van der Waals surface area contributed by atoms with Crippen molar-refractivity contribution < 1.29 is 0 Å². The summed E-state index contributed by atoms with van der Waals surface area (Å²) in [6.07, 6.45) is 1.05. The summed E-state index contributed by atoms with van der Waals surface area (Å²) in [6, 6.07) is 19.2. The number of anilines is 4. The minimum absolute atomic E-state index is 0.807. The predicted molar refractivity (Wildman–Crippen MR) is 121 cm³/mol. The maximum atomic E-state index is 4.79. The van der Waals surface area contributed by atoms with Crippen LogP contribution in [0, 0.1) is 13.8 Å². The Balaban J connectivity index is 1.45. The van der Waals surface area contributed by atoms with Crippen LogP contribution in [-0.4, -0.2) is 36.1 Å². The maximum Gasteiger partial charge on any atom is 0.227 e. The second kappa shape index (κ2) is 8.52. The van der Waals surface area contributed by atoms with Crippen molar-refractivity contribution >= 4 is 23.1 Å². The van der Waals surface area contributed by atoms with Gasteiger partial charge in [-0.15, -0.1) is 0 Å². The van der Waals surface area contributed by atoms with Crippen molar-refractivity contribution in [3.05, 3.63) is 71.4 Å². The van der Waals surface area contributed by atoms with Crippen LogP contribution in [0.4, 0.5) is 23.1 Å². The Kier molecular flexibility index (Phi) is 5.65. The fourth-order valence-electron chi connectivity index (χ4n) is 3.72. The summed E-state index contributed by atoms with van der Waals surface area (Å²) in [4.78, 5) is 14.2. The molecule has 1 fully saturated rings. The van der Waals surface area contributed by atoms with Crippen LogP contribution in [0.15, 0.2) is 54.6 Å². The van der Waals surface area contributed by atoms with Crippen LogP contribution in [0.2, 0.25) is 0 Å². The molecule has 150 valence electrons. The molecular weight excluding hydrogens is 358 g/mol. The fraction of sp³-hybridized carbons (Fsp3) is 0.333. The van der Waals surface area contributed by atoms with E-state index in [4.69, 9.17) is 9.97 Å². The van der Waals surface area contributed by atoms with Gasteiger partial charge in [-0.25, -0.2) is 4.98 Å². The number of nitrogens with one attached hydrogen (secondary N) is 1. The number of aromatic nitrogens is 2. The van der Waals surface area contributed by atoms with Gasteiger partial charge in [0, 0.05) is 49.3 Å². The van der Waals surface area contributed by atoms with Gasteiger partial charge >= 0.3 is 0 Å². The molecule has 1 aliphatic heterocycles. The number of hydrogen-bond acceptors (Lipinski definition) is 5. The summed E-state index contributed by atoms with van der Waals surface area (Å²) in [7, 11) is 0. The molecule has 0 saturated carbocycles. The van der Waals surface area contributed by atoms with Crippen molar-refractivity contribution in [2.45, 2.75) is 27.2 Å². The van der Waals surface area contributed by atoms with Crippen LogP contribution in [0.1, 0.15) is 23.7 Å². The van der Waals surface area contributed by atoms with Crippen molar-refractivity contribution in [3.8, 4) is 0 Å². The Morgan fingerprint density at radius 1 is 0.862 bits per heavy atom. The Bertz CT molecular complexity index is 959. The normalized spacial score (nSPS) is 14.2. The molecule has 0 aliphatic carbocycles. The summed E-state index contributed by atoms with van der Waals surface area (Å²) in [6.45, 7) is 10.1. The zero-order valence-corrected chi connectivity index (χ0v) is 17.5. The van der Waals surface area contributed by atoms with Gasteiger partial charge in [-0.2, -0.15) is 4.98 Å². The third-order valence-corrected chi connectivity index (χ3v) is 5.41. The molecule has 4 rings (SSSR count). The molecule has 0 atom stereocenters. The van der Waals surface area contributed by atoms with Crippen molar-refractivity contribution in [1.82, 2.24) is 9.97 Å². The van der Waals surface area contributed by atoms with Gasteiger partial charge in [0.1, 0.15) is 5.82 Å². The molecule has 0 amide bonds. The lowest BCUT2D eigenvalue weighted by atomic mass is 10.1. The third kappa shape index (κ3) is 4.67. The summed E-state index contributed by atoms with van der Waals surface area (Å²) in [5.41, 5.74) is 5.96. The van der Waals surface area contributed by atoms with Gasteiger partial charge < -0.3 is 15.1 Å². The largest absolute Gasteiger partial charge is 0.368 e. The summed E-state index contributed by atoms with van der Waals surface area (Å²) < 4.78 is 0. The van der Waals surface area contributed by atoms with E-state index in [1.807, 2.05) is 13.0 Å². The van der Waals surface area contributed by atoms with Crippen molar-refractivity contribution in [2.75, 3.05) is 41.3 Å². The zero-order chi connectivity index (χ0) is 20.2. The van der Waals surface area contributed by atoms with E-state index < -0.39 is 0 Å². The minimum atomic E-state index is 0.807. The van der Waals surface area contributed by atoms with Crippen LogP contribution in [0.5, 0.6) is 0 Å². The Morgan fingerprint density at radius 3 is 2.28 bits per heavy atom. The second-order valence-electron chi connectivity index (χ2n) is 7.68. The third-order valence-electron chi connectivity index (χ3n) is 5.41. The predicted octanol–water partition coefficient (Wildman–Crippen LogP) is 4.73. The molecule has 2 heterocycles. The first-order valence-corrected chi connectivity index (χ1v) is 10.4. The molecule has 1 saturated heterocycles. The molecule has 1 aromatic heterocycles. The monoisotopic (exact) mass is 387 g/mol. The molecular formula is C24H29N5. The quantitative estimate of drug-likeness (QED) is 0.686. The molecule has 5 heteroatoms. The molecule has 0 bridgehead atoms. The molecule has 5 nitrogen and oxygen atoms in total. The Labute approximate surface area is 173 Å². The highest BCUT2D eigenvalue weighted by molar-refractivity contribution is 5.58. The Hall–Kier alpha value is -3.08. The lowest BCUT2D eigenvalue weighted by molar-refractivity contribution is 0.639. The SMILES string of the molecule is CCc1ccc(Nc2cc(C)nc(N3CCN(c4cccc(C)c4)CC3)n2)cc1.